The maximum atomic E-state index is 12.0. The third-order valence-corrected chi connectivity index (χ3v) is 3.50. The maximum Gasteiger partial charge on any atom is 0.311 e. The third-order valence-electron chi connectivity index (χ3n) is 3.50. The van der Waals surface area contributed by atoms with E-state index in [1.807, 2.05) is 6.92 Å². The first-order valence-corrected chi connectivity index (χ1v) is 5.54. The van der Waals surface area contributed by atoms with Crippen molar-refractivity contribution in [1.82, 2.24) is 4.90 Å². The van der Waals surface area contributed by atoms with Crippen molar-refractivity contribution in [3.8, 4) is 0 Å². The van der Waals surface area contributed by atoms with Gasteiger partial charge in [-0.05, 0) is 26.7 Å². The van der Waals surface area contributed by atoms with E-state index in [0.717, 1.165) is 0 Å². The van der Waals surface area contributed by atoms with Gasteiger partial charge in [-0.15, -0.1) is 0 Å². The second-order valence-electron chi connectivity index (χ2n) is 5.11. The molecule has 0 aromatic rings. The molecule has 0 spiro atoms. The molecular formula is C11H20N2O3. The average Bonchev–Trinajstić information content (AvgIpc) is 2.61. The molecule has 0 aromatic heterocycles. The number of hydrogen-bond acceptors (Lipinski definition) is 3. The van der Waals surface area contributed by atoms with Crippen LogP contribution in [0.1, 0.15) is 33.6 Å². The number of rotatable bonds is 3. The second-order valence-corrected chi connectivity index (χ2v) is 5.11. The Morgan fingerprint density at radius 1 is 1.56 bits per heavy atom. The first kappa shape index (κ1) is 13.0. The third kappa shape index (κ3) is 2.19. The van der Waals surface area contributed by atoms with Crippen molar-refractivity contribution in [1.29, 1.82) is 0 Å². The fraction of sp³-hybridized carbons (Fsp3) is 0.818. The number of amides is 1. The minimum absolute atomic E-state index is 0.153. The van der Waals surface area contributed by atoms with Gasteiger partial charge in [0.05, 0.1) is 11.0 Å². The Morgan fingerprint density at radius 3 is 2.50 bits per heavy atom. The molecule has 2 unspecified atom stereocenters. The fourth-order valence-corrected chi connectivity index (χ4v) is 1.82. The summed E-state index contributed by atoms with van der Waals surface area (Å²) in [5.74, 6) is -1.00. The van der Waals surface area contributed by atoms with Crippen LogP contribution in [0, 0.1) is 5.41 Å². The largest absolute Gasteiger partial charge is 0.481 e. The Labute approximate surface area is 95.6 Å². The molecule has 0 aromatic carbocycles. The zero-order valence-electron chi connectivity index (χ0n) is 10.1. The summed E-state index contributed by atoms with van der Waals surface area (Å²) in [6.45, 7) is 5.95. The molecule has 92 valence electrons. The van der Waals surface area contributed by atoms with Gasteiger partial charge < -0.3 is 15.7 Å². The van der Waals surface area contributed by atoms with E-state index < -0.39 is 16.9 Å². The highest BCUT2D eigenvalue weighted by atomic mass is 16.4. The lowest BCUT2D eigenvalue weighted by atomic mass is 9.90. The minimum atomic E-state index is -0.885. The number of aliphatic carboxylic acids is 1. The maximum absolute atomic E-state index is 12.0. The SMILES string of the molecule is CCC(C)(N)C(=O)N1CCC(C)(C(=O)O)C1. The van der Waals surface area contributed by atoms with E-state index in [0.29, 0.717) is 19.4 Å². The van der Waals surface area contributed by atoms with Crippen molar-refractivity contribution >= 4 is 11.9 Å². The molecule has 1 aliphatic rings. The summed E-state index contributed by atoms with van der Waals surface area (Å²) in [7, 11) is 0. The first-order chi connectivity index (χ1) is 7.23. The molecule has 1 aliphatic heterocycles. The van der Waals surface area contributed by atoms with Gasteiger partial charge in [0.15, 0.2) is 0 Å². The molecule has 0 bridgehead atoms. The summed E-state index contributed by atoms with van der Waals surface area (Å²) < 4.78 is 0. The van der Waals surface area contributed by atoms with Crippen LogP contribution in [0.3, 0.4) is 0 Å². The Morgan fingerprint density at radius 2 is 2.12 bits per heavy atom. The van der Waals surface area contributed by atoms with Crippen molar-refractivity contribution in [3.05, 3.63) is 0 Å². The highest BCUT2D eigenvalue weighted by Gasteiger charge is 2.44. The number of nitrogens with zero attached hydrogens (tertiary/aromatic N) is 1. The van der Waals surface area contributed by atoms with Crippen molar-refractivity contribution in [3.63, 3.8) is 0 Å². The van der Waals surface area contributed by atoms with E-state index >= 15 is 0 Å². The molecule has 3 N–H and O–H groups in total. The molecule has 16 heavy (non-hydrogen) atoms. The molecule has 0 aliphatic carbocycles. The molecule has 2 atom stereocenters. The number of hydrogen-bond donors (Lipinski definition) is 2. The Bertz CT molecular complexity index is 314. The van der Waals surface area contributed by atoms with Gasteiger partial charge in [-0.2, -0.15) is 0 Å². The molecule has 1 amide bonds. The van der Waals surface area contributed by atoms with Gasteiger partial charge in [0.1, 0.15) is 0 Å². The molecule has 1 fully saturated rings. The molecular weight excluding hydrogens is 208 g/mol. The van der Waals surface area contributed by atoms with Crippen molar-refractivity contribution in [2.45, 2.75) is 39.2 Å². The number of carboxylic acids is 1. The van der Waals surface area contributed by atoms with E-state index in [1.165, 1.54) is 0 Å². The summed E-state index contributed by atoms with van der Waals surface area (Å²) in [6, 6.07) is 0. The summed E-state index contributed by atoms with van der Waals surface area (Å²) in [5.41, 5.74) is 4.16. The number of nitrogens with two attached hydrogens (primary N) is 1. The van der Waals surface area contributed by atoms with Crippen molar-refractivity contribution < 1.29 is 14.7 Å². The van der Waals surface area contributed by atoms with E-state index in [1.54, 1.807) is 18.7 Å². The predicted octanol–water partition coefficient (Wildman–Crippen LogP) is 0.437. The van der Waals surface area contributed by atoms with Crippen LogP contribution in [0.2, 0.25) is 0 Å². The molecule has 5 nitrogen and oxygen atoms in total. The lowest BCUT2D eigenvalue weighted by molar-refractivity contribution is -0.147. The second kappa shape index (κ2) is 4.05. The van der Waals surface area contributed by atoms with Crippen LogP contribution >= 0.6 is 0 Å². The predicted molar refractivity (Wildman–Crippen MR) is 59.8 cm³/mol. The van der Waals surface area contributed by atoms with Gasteiger partial charge in [0, 0.05) is 13.1 Å². The Kier molecular flexibility index (Phi) is 3.28. The fourth-order valence-electron chi connectivity index (χ4n) is 1.82. The quantitative estimate of drug-likeness (QED) is 0.734. The van der Waals surface area contributed by atoms with Gasteiger partial charge in [-0.25, -0.2) is 0 Å². The zero-order chi connectivity index (χ0) is 12.6. The summed E-state index contributed by atoms with van der Waals surface area (Å²) >= 11 is 0. The summed E-state index contributed by atoms with van der Waals surface area (Å²) in [4.78, 5) is 24.6. The van der Waals surface area contributed by atoms with Crippen LogP contribution in [0.25, 0.3) is 0 Å². The smallest absolute Gasteiger partial charge is 0.311 e. The molecule has 1 saturated heterocycles. The molecule has 1 heterocycles. The minimum Gasteiger partial charge on any atom is -0.481 e. The zero-order valence-corrected chi connectivity index (χ0v) is 10.1. The van der Waals surface area contributed by atoms with Crippen LogP contribution in [0.15, 0.2) is 0 Å². The van der Waals surface area contributed by atoms with E-state index in [9.17, 15) is 9.59 Å². The number of carbonyl (C=O) groups excluding carboxylic acids is 1. The van der Waals surface area contributed by atoms with Crippen LogP contribution in [-0.4, -0.2) is 40.5 Å². The standard InChI is InChI=1S/C11H20N2O3/c1-4-11(3,12)8(14)13-6-5-10(2,7-13)9(15)16/h4-7,12H2,1-3H3,(H,15,16). The van der Waals surface area contributed by atoms with Crippen LogP contribution in [0.5, 0.6) is 0 Å². The lowest BCUT2D eigenvalue weighted by Crippen LogP contribution is -2.52. The average molecular weight is 228 g/mol. The van der Waals surface area contributed by atoms with Crippen molar-refractivity contribution in [2.24, 2.45) is 11.1 Å². The van der Waals surface area contributed by atoms with Crippen LogP contribution < -0.4 is 5.73 Å². The highest BCUT2D eigenvalue weighted by molar-refractivity contribution is 5.87. The number of likely N-dealkylation sites (tertiary alicyclic amines) is 1. The summed E-state index contributed by atoms with van der Waals surface area (Å²) in [6.07, 6.45) is 1.04. The van der Waals surface area contributed by atoms with E-state index in [4.69, 9.17) is 10.8 Å². The lowest BCUT2D eigenvalue weighted by Gasteiger charge is -2.28. The summed E-state index contributed by atoms with van der Waals surface area (Å²) in [5, 5.41) is 9.06. The molecule has 5 heteroatoms. The molecule has 0 radical (unpaired) electrons. The first-order valence-electron chi connectivity index (χ1n) is 5.54. The van der Waals surface area contributed by atoms with Gasteiger partial charge in [0.25, 0.3) is 0 Å². The van der Waals surface area contributed by atoms with Crippen LogP contribution in [-0.2, 0) is 9.59 Å². The Hall–Kier alpha value is -1.10. The number of carbonyl (C=O) groups is 2. The molecule has 0 saturated carbocycles. The van der Waals surface area contributed by atoms with Crippen molar-refractivity contribution in [2.75, 3.05) is 13.1 Å². The monoisotopic (exact) mass is 228 g/mol. The van der Waals surface area contributed by atoms with E-state index in [2.05, 4.69) is 0 Å². The van der Waals surface area contributed by atoms with Gasteiger partial charge in [-0.1, -0.05) is 6.92 Å². The van der Waals surface area contributed by atoms with Gasteiger partial charge >= 0.3 is 5.97 Å². The van der Waals surface area contributed by atoms with Gasteiger partial charge in [0.2, 0.25) is 5.91 Å². The van der Waals surface area contributed by atoms with E-state index in [-0.39, 0.29) is 12.5 Å². The normalized spacial score (nSPS) is 28.9. The Balaban J connectivity index is 2.74. The topological polar surface area (TPSA) is 83.6 Å². The number of carboxylic acid groups (broad SMARTS) is 1. The van der Waals surface area contributed by atoms with Gasteiger partial charge in [-0.3, -0.25) is 9.59 Å². The highest BCUT2D eigenvalue weighted by Crippen LogP contribution is 2.31. The molecule has 1 rings (SSSR count). The van der Waals surface area contributed by atoms with Crippen LogP contribution in [0.4, 0.5) is 0 Å².